The Morgan fingerprint density at radius 2 is 1.79 bits per heavy atom. The molecule has 1 aromatic carbocycles. The van der Waals surface area contributed by atoms with Gasteiger partial charge in [-0.2, -0.15) is 0 Å². The Labute approximate surface area is 145 Å². The standard InChI is InChI=1S/C19H29N3O2/c1-3-4-5-12-20-19(24)15-22(16(2)23)18-10-8-17(9-11-18)21-13-6-7-14-21/h8-11H,3-7,12-15H2,1-2H3,(H,20,24). The molecule has 1 aliphatic heterocycles. The zero-order valence-electron chi connectivity index (χ0n) is 14.9. The van der Waals surface area contributed by atoms with E-state index in [2.05, 4.69) is 17.1 Å². The third kappa shape index (κ3) is 5.25. The normalized spacial score (nSPS) is 13.8. The lowest BCUT2D eigenvalue weighted by molar-refractivity contribution is -0.123. The van der Waals surface area contributed by atoms with Crippen LogP contribution < -0.4 is 15.1 Å². The number of rotatable bonds is 8. The van der Waals surface area contributed by atoms with Gasteiger partial charge in [0, 0.05) is 37.9 Å². The number of anilines is 2. The Balaban J connectivity index is 1.94. The highest BCUT2D eigenvalue weighted by molar-refractivity contribution is 5.97. The van der Waals surface area contributed by atoms with E-state index in [1.54, 1.807) is 0 Å². The van der Waals surface area contributed by atoms with Crippen molar-refractivity contribution in [3.63, 3.8) is 0 Å². The summed E-state index contributed by atoms with van der Waals surface area (Å²) in [7, 11) is 0. The second-order valence-electron chi connectivity index (χ2n) is 6.37. The summed E-state index contributed by atoms with van der Waals surface area (Å²) in [6.07, 6.45) is 5.68. The van der Waals surface area contributed by atoms with Gasteiger partial charge in [0.2, 0.25) is 11.8 Å². The number of carbonyl (C=O) groups excluding carboxylic acids is 2. The number of benzene rings is 1. The zero-order valence-corrected chi connectivity index (χ0v) is 14.9. The zero-order chi connectivity index (χ0) is 17.4. The fourth-order valence-electron chi connectivity index (χ4n) is 3.01. The molecule has 2 rings (SSSR count). The predicted molar refractivity (Wildman–Crippen MR) is 98.5 cm³/mol. The van der Waals surface area contributed by atoms with E-state index in [-0.39, 0.29) is 18.4 Å². The van der Waals surface area contributed by atoms with Gasteiger partial charge in [0.15, 0.2) is 0 Å². The molecule has 5 heteroatoms. The second kappa shape index (κ2) is 9.30. The molecule has 0 aliphatic carbocycles. The van der Waals surface area contributed by atoms with Crippen molar-refractivity contribution >= 4 is 23.2 Å². The van der Waals surface area contributed by atoms with Crippen LogP contribution in [0.15, 0.2) is 24.3 Å². The van der Waals surface area contributed by atoms with Crippen molar-refractivity contribution < 1.29 is 9.59 Å². The van der Waals surface area contributed by atoms with Crippen molar-refractivity contribution in [2.24, 2.45) is 0 Å². The summed E-state index contributed by atoms with van der Waals surface area (Å²) in [5.74, 6) is -0.224. The number of hydrogen-bond donors (Lipinski definition) is 1. The molecule has 0 aromatic heterocycles. The van der Waals surface area contributed by atoms with Gasteiger partial charge >= 0.3 is 0 Å². The number of unbranched alkanes of at least 4 members (excludes halogenated alkanes) is 2. The van der Waals surface area contributed by atoms with E-state index < -0.39 is 0 Å². The number of amides is 2. The fourth-order valence-corrected chi connectivity index (χ4v) is 3.01. The largest absolute Gasteiger partial charge is 0.372 e. The van der Waals surface area contributed by atoms with Gasteiger partial charge in [-0.05, 0) is 43.5 Å². The van der Waals surface area contributed by atoms with Crippen LogP contribution in [-0.4, -0.2) is 38.0 Å². The van der Waals surface area contributed by atoms with Crippen LogP contribution in [0.2, 0.25) is 0 Å². The molecular formula is C19H29N3O2. The second-order valence-corrected chi connectivity index (χ2v) is 6.37. The number of nitrogens with zero attached hydrogens (tertiary/aromatic N) is 2. The monoisotopic (exact) mass is 331 g/mol. The molecule has 2 amide bonds. The lowest BCUT2D eigenvalue weighted by atomic mass is 10.2. The van der Waals surface area contributed by atoms with E-state index in [0.29, 0.717) is 6.54 Å². The highest BCUT2D eigenvalue weighted by Gasteiger charge is 2.17. The lowest BCUT2D eigenvalue weighted by Gasteiger charge is -2.23. The molecule has 0 radical (unpaired) electrons. The minimum absolute atomic E-state index is 0.0739. The SMILES string of the molecule is CCCCCNC(=O)CN(C(C)=O)c1ccc(N2CCCC2)cc1. The van der Waals surface area contributed by atoms with Crippen LogP contribution in [0, 0.1) is 0 Å². The molecule has 1 aliphatic rings. The first-order valence-corrected chi connectivity index (χ1v) is 9.01. The van der Waals surface area contributed by atoms with Crippen LogP contribution in [0.1, 0.15) is 46.0 Å². The first-order valence-electron chi connectivity index (χ1n) is 9.01. The maximum Gasteiger partial charge on any atom is 0.240 e. The molecule has 1 fully saturated rings. The molecule has 132 valence electrons. The minimum atomic E-state index is -0.118. The predicted octanol–water partition coefficient (Wildman–Crippen LogP) is 2.95. The Morgan fingerprint density at radius 1 is 1.12 bits per heavy atom. The maximum absolute atomic E-state index is 12.1. The van der Waals surface area contributed by atoms with Gasteiger partial charge in [-0.1, -0.05) is 19.8 Å². The quantitative estimate of drug-likeness (QED) is 0.745. The molecule has 0 atom stereocenters. The van der Waals surface area contributed by atoms with E-state index in [0.717, 1.165) is 38.0 Å². The average molecular weight is 331 g/mol. The molecule has 1 aromatic rings. The Hall–Kier alpha value is -2.04. The summed E-state index contributed by atoms with van der Waals surface area (Å²) in [6, 6.07) is 7.93. The van der Waals surface area contributed by atoms with Crippen LogP contribution in [0.4, 0.5) is 11.4 Å². The Morgan fingerprint density at radius 3 is 2.38 bits per heavy atom. The first-order chi connectivity index (χ1) is 11.6. The van der Waals surface area contributed by atoms with E-state index in [1.807, 2.05) is 24.3 Å². The van der Waals surface area contributed by atoms with Crippen molar-refractivity contribution in [3.8, 4) is 0 Å². The Bertz CT molecular complexity index is 536. The fraction of sp³-hybridized carbons (Fsp3) is 0.579. The lowest BCUT2D eigenvalue weighted by Crippen LogP contribution is -2.40. The van der Waals surface area contributed by atoms with Gasteiger partial charge < -0.3 is 15.1 Å². The number of carbonyl (C=O) groups is 2. The van der Waals surface area contributed by atoms with E-state index >= 15 is 0 Å². The highest BCUT2D eigenvalue weighted by Crippen LogP contribution is 2.24. The third-order valence-electron chi connectivity index (χ3n) is 4.42. The van der Waals surface area contributed by atoms with E-state index in [1.165, 1.54) is 30.4 Å². The summed E-state index contributed by atoms with van der Waals surface area (Å²) in [5, 5.41) is 2.89. The number of nitrogens with one attached hydrogen (secondary N) is 1. The maximum atomic E-state index is 12.1. The van der Waals surface area contributed by atoms with Crippen molar-refractivity contribution in [2.45, 2.75) is 46.0 Å². The summed E-state index contributed by atoms with van der Waals surface area (Å²) >= 11 is 0. The summed E-state index contributed by atoms with van der Waals surface area (Å²) in [4.78, 5) is 27.9. The molecular weight excluding hydrogens is 302 g/mol. The van der Waals surface area contributed by atoms with Gasteiger partial charge in [-0.15, -0.1) is 0 Å². The van der Waals surface area contributed by atoms with Gasteiger partial charge in [-0.3, -0.25) is 9.59 Å². The van der Waals surface area contributed by atoms with Gasteiger partial charge in [-0.25, -0.2) is 0 Å². The summed E-state index contributed by atoms with van der Waals surface area (Å²) in [6.45, 7) is 6.56. The van der Waals surface area contributed by atoms with Gasteiger partial charge in [0.25, 0.3) is 0 Å². The van der Waals surface area contributed by atoms with Gasteiger partial charge in [0.05, 0.1) is 0 Å². The summed E-state index contributed by atoms with van der Waals surface area (Å²) in [5.41, 5.74) is 1.96. The molecule has 1 saturated heterocycles. The number of hydrogen-bond acceptors (Lipinski definition) is 3. The topological polar surface area (TPSA) is 52.7 Å². The molecule has 1 heterocycles. The first kappa shape index (κ1) is 18.3. The molecule has 0 spiro atoms. The van der Waals surface area contributed by atoms with E-state index in [4.69, 9.17) is 0 Å². The van der Waals surface area contributed by atoms with Crippen molar-refractivity contribution in [3.05, 3.63) is 24.3 Å². The molecule has 5 nitrogen and oxygen atoms in total. The smallest absolute Gasteiger partial charge is 0.240 e. The van der Waals surface area contributed by atoms with Crippen LogP contribution in [0.3, 0.4) is 0 Å². The van der Waals surface area contributed by atoms with E-state index in [9.17, 15) is 9.59 Å². The van der Waals surface area contributed by atoms with Crippen molar-refractivity contribution in [1.82, 2.24) is 5.32 Å². The van der Waals surface area contributed by atoms with Crippen molar-refractivity contribution in [1.29, 1.82) is 0 Å². The van der Waals surface area contributed by atoms with Gasteiger partial charge in [0.1, 0.15) is 6.54 Å². The summed E-state index contributed by atoms with van der Waals surface area (Å²) < 4.78 is 0. The molecule has 0 unspecified atom stereocenters. The highest BCUT2D eigenvalue weighted by atomic mass is 16.2. The van der Waals surface area contributed by atoms with Crippen LogP contribution in [0.25, 0.3) is 0 Å². The van der Waals surface area contributed by atoms with Crippen LogP contribution in [0.5, 0.6) is 0 Å². The molecule has 1 N–H and O–H groups in total. The van der Waals surface area contributed by atoms with Crippen LogP contribution in [-0.2, 0) is 9.59 Å². The van der Waals surface area contributed by atoms with Crippen LogP contribution >= 0.6 is 0 Å². The third-order valence-corrected chi connectivity index (χ3v) is 4.42. The van der Waals surface area contributed by atoms with Crippen molar-refractivity contribution in [2.75, 3.05) is 36.0 Å². The molecule has 0 saturated carbocycles. The molecule has 0 bridgehead atoms. The molecule has 24 heavy (non-hydrogen) atoms. The Kier molecular flexibility index (Phi) is 7.09. The average Bonchev–Trinajstić information content (AvgIpc) is 3.11. The minimum Gasteiger partial charge on any atom is -0.372 e.